The zero-order valence-electron chi connectivity index (χ0n) is 9.91. The van der Waals surface area contributed by atoms with Gasteiger partial charge in [-0.2, -0.15) is 0 Å². The van der Waals surface area contributed by atoms with E-state index in [0.29, 0.717) is 4.88 Å². The fourth-order valence-corrected chi connectivity index (χ4v) is 2.24. The number of thiophene rings is 1. The molecule has 7 heteroatoms. The number of phenols is 1. The van der Waals surface area contributed by atoms with E-state index in [1.807, 2.05) is 13.0 Å². The van der Waals surface area contributed by atoms with Gasteiger partial charge in [0.15, 0.2) is 0 Å². The van der Waals surface area contributed by atoms with E-state index in [0.717, 1.165) is 10.9 Å². The van der Waals surface area contributed by atoms with E-state index in [9.17, 15) is 20.0 Å². The van der Waals surface area contributed by atoms with Crippen molar-refractivity contribution in [2.75, 3.05) is 5.32 Å². The number of nitrogens with zero attached hydrogens (tertiary/aromatic N) is 1. The summed E-state index contributed by atoms with van der Waals surface area (Å²) in [6.07, 6.45) is 0. The second-order valence-electron chi connectivity index (χ2n) is 3.82. The van der Waals surface area contributed by atoms with Gasteiger partial charge in [-0.25, -0.2) is 0 Å². The van der Waals surface area contributed by atoms with Crippen LogP contribution in [-0.4, -0.2) is 15.9 Å². The van der Waals surface area contributed by atoms with E-state index in [4.69, 9.17) is 0 Å². The molecular formula is C12H10N2O4S. The van der Waals surface area contributed by atoms with Crippen molar-refractivity contribution in [1.29, 1.82) is 0 Å². The number of nitro benzene ring substituents is 1. The Morgan fingerprint density at radius 1 is 1.37 bits per heavy atom. The minimum atomic E-state index is -0.617. The average molecular weight is 278 g/mol. The van der Waals surface area contributed by atoms with Crippen LogP contribution in [0.15, 0.2) is 30.3 Å². The summed E-state index contributed by atoms with van der Waals surface area (Å²) in [5.41, 5.74) is -0.0934. The molecule has 0 aliphatic rings. The Labute approximate surface area is 112 Å². The number of carbonyl (C=O) groups excluding carboxylic acids is 1. The fourth-order valence-electron chi connectivity index (χ4n) is 1.48. The summed E-state index contributed by atoms with van der Waals surface area (Å²) in [6.45, 7) is 1.88. The molecule has 6 nitrogen and oxygen atoms in total. The Bertz CT molecular complexity index is 651. The number of rotatable bonds is 3. The Balaban J connectivity index is 2.20. The van der Waals surface area contributed by atoms with Gasteiger partial charge >= 0.3 is 0 Å². The number of carbonyl (C=O) groups is 1. The largest absolute Gasteiger partial charge is 0.506 e. The van der Waals surface area contributed by atoms with Crippen LogP contribution in [0.4, 0.5) is 11.4 Å². The molecule has 1 heterocycles. The van der Waals surface area contributed by atoms with E-state index in [-0.39, 0.29) is 23.0 Å². The lowest BCUT2D eigenvalue weighted by atomic mass is 10.2. The van der Waals surface area contributed by atoms with E-state index in [1.54, 1.807) is 6.07 Å². The third-order valence-electron chi connectivity index (χ3n) is 2.40. The van der Waals surface area contributed by atoms with Gasteiger partial charge in [-0.3, -0.25) is 14.9 Å². The van der Waals surface area contributed by atoms with Gasteiger partial charge in [-0.15, -0.1) is 11.3 Å². The number of nitro groups is 1. The fraction of sp³-hybridized carbons (Fsp3) is 0.0833. The van der Waals surface area contributed by atoms with E-state index in [2.05, 4.69) is 5.32 Å². The highest BCUT2D eigenvalue weighted by Gasteiger charge is 2.14. The number of non-ortho nitro benzene ring substituents is 1. The van der Waals surface area contributed by atoms with Crippen LogP contribution in [-0.2, 0) is 0 Å². The first-order valence-electron chi connectivity index (χ1n) is 5.32. The lowest BCUT2D eigenvalue weighted by Crippen LogP contribution is -2.10. The second-order valence-corrected chi connectivity index (χ2v) is 5.11. The van der Waals surface area contributed by atoms with Gasteiger partial charge in [0.2, 0.25) is 0 Å². The number of nitrogens with one attached hydrogen (secondary N) is 1. The summed E-state index contributed by atoms with van der Waals surface area (Å²) in [5, 5.41) is 22.6. The molecule has 0 atom stereocenters. The van der Waals surface area contributed by atoms with Crippen LogP contribution in [0.5, 0.6) is 5.75 Å². The molecule has 0 spiro atoms. The Morgan fingerprint density at radius 2 is 2.11 bits per heavy atom. The highest BCUT2D eigenvalue weighted by molar-refractivity contribution is 7.14. The first-order chi connectivity index (χ1) is 8.97. The maximum atomic E-state index is 11.9. The van der Waals surface area contributed by atoms with Crippen molar-refractivity contribution in [3.63, 3.8) is 0 Å². The Hall–Kier alpha value is -2.41. The molecule has 1 aromatic carbocycles. The summed E-state index contributed by atoms with van der Waals surface area (Å²) < 4.78 is 0. The van der Waals surface area contributed by atoms with E-state index >= 15 is 0 Å². The molecule has 98 valence electrons. The van der Waals surface area contributed by atoms with Crippen LogP contribution in [0.2, 0.25) is 0 Å². The number of benzene rings is 1. The molecule has 1 amide bonds. The lowest BCUT2D eigenvalue weighted by molar-refractivity contribution is -0.384. The smallest absolute Gasteiger partial charge is 0.273 e. The molecule has 2 rings (SSSR count). The van der Waals surface area contributed by atoms with Gasteiger partial charge < -0.3 is 10.4 Å². The number of hydrogen-bond acceptors (Lipinski definition) is 5. The molecule has 19 heavy (non-hydrogen) atoms. The molecule has 0 radical (unpaired) electrons. The molecule has 2 aromatic rings. The summed E-state index contributed by atoms with van der Waals surface area (Å²) in [4.78, 5) is 23.3. The van der Waals surface area contributed by atoms with Crippen LogP contribution in [0.25, 0.3) is 0 Å². The molecule has 0 aliphatic carbocycles. The third-order valence-corrected chi connectivity index (χ3v) is 3.40. The predicted molar refractivity (Wildman–Crippen MR) is 71.8 cm³/mol. The minimum Gasteiger partial charge on any atom is -0.506 e. The molecular weight excluding hydrogens is 268 g/mol. The van der Waals surface area contributed by atoms with Gasteiger partial charge in [-0.1, -0.05) is 0 Å². The third kappa shape index (κ3) is 2.89. The van der Waals surface area contributed by atoms with Gasteiger partial charge in [0.05, 0.1) is 21.6 Å². The zero-order chi connectivity index (χ0) is 14.0. The van der Waals surface area contributed by atoms with Gasteiger partial charge in [0, 0.05) is 10.9 Å². The number of anilines is 1. The molecule has 0 saturated carbocycles. The zero-order valence-corrected chi connectivity index (χ0v) is 10.7. The van der Waals surface area contributed by atoms with Crippen molar-refractivity contribution < 1.29 is 14.8 Å². The van der Waals surface area contributed by atoms with E-state index in [1.165, 1.54) is 23.5 Å². The molecule has 0 fully saturated rings. The lowest BCUT2D eigenvalue weighted by Gasteiger charge is -2.05. The van der Waals surface area contributed by atoms with Gasteiger partial charge in [0.25, 0.3) is 11.6 Å². The van der Waals surface area contributed by atoms with Crippen LogP contribution in [0.1, 0.15) is 14.5 Å². The maximum Gasteiger partial charge on any atom is 0.273 e. The predicted octanol–water partition coefficient (Wildman–Crippen LogP) is 2.92. The van der Waals surface area contributed by atoms with Crippen molar-refractivity contribution in [3.8, 4) is 5.75 Å². The van der Waals surface area contributed by atoms with E-state index < -0.39 is 4.92 Å². The van der Waals surface area contributed by atoms with Crippen LogP contribution < -0.4 is 5.32 Å². The topological polar surface area (TPSA) is 92.5 Å². The normalized spacial score (nSPS) is 10.2. The molecule has 0 unspecified atom stereocenters. The quantitative estimate of drug-likeness (QED) is 0.513. The molecule has 2 N–H and O–H groups in total. The summed E-state index contributed by atoms with van der Waals surface area (Å²) in [6, 6.07) is 7.00. The number of aryl methyl sites for hydroxylation is 1. The molecule has 0 saturated heterocycles. The molecule has 0 bridgehead atoms. The number of amides is 1. The SMILES string of the molecule is Cc1ccc(C(=O)Nc2ccc([N+](=O)[O-])cc2O)s1. The maximum absolute atomic E-state index is 11.9. The van der Waals surface area contributed by atoms with Gasteiger partial charge in [0.1, 0.15) is 5.75 Å². The second kappa shape index (κ2) is 5.07. The Morgan fingerprint density at radius 3 is 2.63 bits per heavy atom. The van der Waals surface area contributed by atoms with Crippen molar-refractivity contribution >= 4 is 28.6 Å². The number of phenolic OH excluding ortho intramolecular Hbond substituents is 1. The summed E-state index contributed by atoms with van der Waals surface area (Å²) >= 11 is 1.33. The first kappa shape index (κ1) is 13.0. The first-order valence-corrected chi connectivity index (χ1v) is 6.14. The molecule has 1 aromatic heterocycles. The highest BCUT2D eigenvalue weighted by Crippen LogP contribution is 2.28. The van der Waals surface area contributed by atoms with Crippen LogP contribution >= 0.6 is 11.3 Å². The minimum absolute atomic E-state index is 0.140. The monoisotopic (exact) mass is 278 g/mol. The van der Waals surface area contributed by atoms with Crippen molar-refractivity contribution in [2.24, 2.45) is 0 Å². The van der Waals surface area contributed by atoms with Crippen LogP contribution in [0.3, 0.4) is 0 Å². The highest BCUT2D eigenvalue weighted by atomic mass is 32.1. The van der Waals surface area contributed by atoms with Crippen LogP contribution in [0, 0.1) is 17.0 Å². The van der Waals surface area contributed by atoms with Crippen molar-refractivity contribution in [1.82, 2.24) is 0 Å². The average Bonchev–Trinajstić information content (AvgIpc) is 2.78. The number of hydrogen-bond donors (Lipinski definition) is 2. The Kier molecular flexibility index (Phi) is 3.48. The standard InChI is InChI=1S/C12H10N2O4S/c1-7-2-5-11(19-7)12(16)13-9-4-3-8(14(17)18)6-10(9)15/h2-6,15H,1H3,(H,13,16). The number of aromatic hydroxyl groups is 1. The summed E-state index contributed by atoms with van der Waals surface area (Å²) in [5.74, 6) is -0.696. The molecule has 0 aliphatic heterocycles. The van der Waals surface area contributed by atoms with Crippen molar-refractivity contribution in [2.45, 2.75) is 6.92 Å². The van der Waals surface area contributed by atoms with Gasteiger partial charge in [-0.05, 0) is 25.1 Å². The van der Waals surface area contributed by atoms with Crippen molar-refractivity contribution in [3.05, 3.63) is 50.2 Å². The summed E-state index contributed by atoms with van der Waals surface area (Å²) in [7, 11) is 0.